The molecule has 140 valence electrons. The monoisotopic (exact) mass is 356 g/mol. The average molecular weight is 357 g/mol. The molecular formula is C24H41Al. The molecule has 0 aliphatic heterocycles. The maximum atomic E-state index is 3.89. The third kappa shape index (κ3) is 9.31. The van der Waals surface area contributed by atoms with Crippen LogP contribution in [-0.2, 0) is 0 Å². The van der Waals surface area contributed by atoms with Crippen LogP contribution < -0.4 is 0 Å². The summed E-state index contributed by atoms with van der Waals surface area (Å²) in [5.41, 5.74) is 0. The molecule has 0 spiro atoms. The van der Waals surface area contributed by atoms with E-state index in [0.717, 1.165) is 17.8 Å². The molecule has 2 aliphatic rings. The number of hydrogen-bond donors (Lipinski definition) is 0. The minimum Gasteiger partial charge on any atom is -0.103 e. The van der Waals surface area contributed by atoms with E-state index in [4.69, 9.17) is 0 Å². The highest BCUT2D eigenvalue weighted by molar-refractivity contribution is 6.58. The first-order chi connectivity index (χ1) is 12.3. The molecule has 0 aromatic rings. The van der Waals surface area contributed by atoms with Gasteiger partial charge in [0, 0.05) is 0 Å². The smallest absolute Gasteiger partial charge is 0.103 e. The van der Waals surface area contributed by atoms with Gasteiger partial charge in [0.05, 0.1) is 0 Å². The summed E-state index contributed by atoms with van der Waals surface area (Å²) >= 11 is -0.540. The molecule has 0 amide bonds. The van der Waals surface area contributed by atoms with E-state index in [0.29, 0.717) is 0 Å². The van der Waals surface area contributed by atoms with Gasteiger partial charge in [-0.05, 0) is 69.1 Å². The van der Waals surface area contributed by atoms with Crippen LogP contribution in [0.3, 0.4) is 0 Å². The summed E-state index contributed by atoms with van der Waals surface area (Å²) in [7, 11) is 0. The molecule has 0 fully saturated rings. The molecule has 0 bridgehead atoms. The van der Waals surface area contributed by atoms with Gasteiger partial charge < -0.3 is 0 Å². The second kappa shape index (κ2) is 13.0. The molecule has 2 aliphatic carbocycles. The van der Waals surface area contributed by atoms with E-state index < -0.39 is 14.1 Å². The summed E-state index contributed by atoms with van der Waals surface area (Å²) < 4.78 is 0. The third-order valence-electron chi connectivity index (χ3n) is 6.65. The van der Waals surface area contributed by atoms with Crippen LogP contribution >= 0.6 is 0 Å². The molecule has 0 saturated carbocycles. The first-order valence-electron chi connectivity index (χ1n) is 11.2. The van der Waals surface area contributed by atoms with Gasteiger partial charge in [-0.2, -0.15) is 0 Å². The molecular weight excluding hydrogens is 315 g/mol. The van der Waals surface area contributed by atoms with E-state index in [1.807, 2.05) is 0 Å². The molecule has 25 heavy (non-hydrogen) atoms. The van der Waals surface area contributed by atoms with Crippen LogP contribution in [0.15, 0.2) is 37.0 Å². The zero-order valence-electron chi connectivity index (χ0n) is 16.8. The second-order valence-electron chi connectivity index (χ2n) is 8.87. The second-order valence-corrected chi connectivity index (χ2v) is 12.3. The zero-order valence-corrected chi connectivity index (χ0v) is 18.0. The topological polar surface area (TPSA) is 0 Å². The standard InChI is InChI=1S/2C8H13.C8H15.Al/c2*1-2-8-6-4-3-5-7-8;1-4-6-7-8(3)5-2;/h2*3-4,8H,1-2,5-7H2;4,8H,1-2,5-7H2,3H3;. The largest absolute Gasteiger partial charge is 0.261 e. The molecule has 0 nitrogen and oxygen atoms in total. The van der Waals surface area contributed by atoms with Crippen LogP contribution in [0.4, 0.5) is 0 Å². The van der Waals surface area contributed by atoms with Gasteiger partial charge in [-0.3, -0.25) is 0 Å². The van der Waals surface area contributed by atoms with Crippen molar-refractivity contribution < 1.29 is 0 Å². The zero-order chi connectivity index (χ0) is 17.7. The minimum atomic E-state index is -0.540. The Morgan fingerprint density at radius 1 is 0.920 bits per heavy atom. The molecule has 0 N–H and O–H groups in total. The minimum absolute atomic E-state index is 0.540. The first-order valence-corrected chi connectivity index (χ1v) is 13.6. The summed E-state index contributed by atoms with van der Waals surface area (Å²) in [5, 5.41) is 4.84. The van der Waals surface area contributed by atoms with Crippen molar-refractivity contribution >= 4 is 14.1 Å². The van der Waals surface area contributed by atoms with Gasteiger partial charge >= 0.3 is 0 Å². The van der Waals surface area contributed by atoms with Gasteiger partial charge in [0.25, 0.3) is 14.1 Å². The molecule has 3 unspecified atom stereocenters. The fourth-order valence-electron chi connectivity index (χ4n) is 4.68. The van der Waals surface area contributed by atoms with E-state index >= 15 is 0 Å². The van der Waals surface area contributed by atoms with Crippen molar-refractivity contribution in [2.24, 2.45) is 17.8 Å². The van der Waals surface area contributed by atoms with Gasteiger partial charge in [-0.25, -0.2) is 0 Å². The van der Waals surface area contributed by atoms with Crippen LogP contribution in [0.5, 0.6) is 0 Å². The SMILES string of the molecule is C=CCCC(C)C[CH2][Al]([CH2]CC1CC=CCC1)[CH2]CC1CC=CCC1. The van der Waals surface area contributed by atoms with Crippen molar-refractivity contribution in [1.29, 1.82) is 0 Å². The Morgan fingerprint density at radius 3 is 2.00 bits per heavy atom. The first kappa shape index (κ1) is 21.1. The quantitative estimate of drug-likeness (QED) is 0.246. The van der Waals surface area contributed by atoms with E-state index in [9.17, 15) is 0 Å². The maximum absolute atomic E-state index is 3.89. The lowest BCUT2D eigenvalue weighted by Gasteiger charge is -2.23. The van der Waals surface area contributed by atoms with E-state index in [1.54, 1.807) is 15.8 Å². The van der Waals surface area contributed by atoms with Gasteiger partial charge in [0.1, 0.15) is 0 Å². The van der Waals surface area contributed by atoms with Crippen LogP contribution in [-0.4, -0.2) is 14.1 Å². The predicted molar refractivity (Wildman–Crippen MR) is 116 cm³/mol. The summed E-state index contributed by atoms with van der Waals surface area (Å²) in [4.78, 5) is 0. The average Bonchev–Trinajstić information content (AvgIpc) is 2.67. The Balaban J connectivity index is 1.73. The fourth-order valence-corrected chi connectivity index (χ4v) is 8.47. The van der Waals surface area contributed by atoms with Gasteiger partial charge in [0.2, 0.25) is 0 Å². The van der Waals surface area contributed by atoms with E-state index in [1.165, 1.54) is 70.6 Å². The molecule has 1 heteroatoms. The van der Waals surface area contributed by atoms with Crippen LogP contribution in [0.2, 0.25) is 15.8 Å². The summed E-state index contributed by atoms with van der Waals surface area (Å²) in [6, 6.07) is 0. The Morgan fingerprint density at radius 2 is 1.52 bits per heavy atom. The Bertz CT molecular complexity index is 380. The van der Waals surface area contributed by atoms with Gasteiger partial charge in [0.15, 0.2) is 0 Å². The molecule has 2 rings (SSSR count). The van der Waals surface area contributed by atoms with Gasteiger partial charge in [-0.1, -0.05) is 72.4 Å². The third-order valence-corrected chi connectivity index (χ3v) is 10.1. The normalized spacial score (nSPS) is 24.2. The van der Waals surface area contributed by atoms with E-state index in [2.05, 4.69) is 43.9 Å². The lowest BCUT2D eigenvalue weighted by Crippen LogP contribution is -2.18. The maximum Gasteiger partial charge on any atom is 0.261 e. The summed E-state index contributed by atoms with van der Waals surface area (Å²) in [6.07, 6.45) is 27.2. The highest BCUT2D eigenvalue weighted by Crippen LogP contribution is 2.30. The molecule has 0 aromatic carbocycles. The Labute approximate surface area is 162 Å². The summed E-state index contributed by atoms with van der Waals surface area (Å²) in [6.45, 7) is 6.35. The number of rotatable bonds is 12. The highest BCUT2D eigenvalue weighted by Gasteiger charge is 2.22. The van der Waals surface area contributed by atoms with Gasteiger partial charge in [-0.15, -0.1) is 6.58 Å². The predicted octanol–water partition coefficient (Wildman–Crippen LogP) is 7.97. The van der Waals surface area contributed by atoms with Crippen LogP contribution in [0, 0.1) is 17.8 Å². The van der Waals surface area contributed by atoms with Crippen LogP contribution in [0.25, 0.3) is 0 Å². The molecule has 0 heterocycles. The lowest BCUT2D eigenvalue weighted by atomic mass is 9.92. The molecule has 0 radical (unpaired) electrons. The van der Waals surface area contributed by atoms with E-state index in [-0.39, 0.29) is 0 Å². The molecule has 3 atom stereocenters. The summed E-state index contributed by atoms with van der Waals surface area (Å²) in [5.74, 6) is 2.93. The fraction of sp³-hybridized carbons (Fsp3) is 0.750. The van der Waals surface area contributed by atoms with Crippen molar-refractivity contribution in [2.75, 3.05) is 0 Å². The molecule has 0 aromatic heterocycles. The van der Waals surface area contributed by atoms with Crippen molar-refractivity contribution in [3.05, 3.63) is 37.0 Å². The Hall–Kier alpha value is -0.248. The molecule has 0 saturated heterocycles. The Kier molecular flexibility index (Phi) is 11.0. The highest BCUT2D eigenvalue weighted by atomic mass is 27.2. The van der Waals surface area contributed by atoms with Crippen LogP contribution in [0.1, 0.15) is 77.6 Å². The lowest BCUT2D eigenvalue weighted by molar-refractivity contribution is 0.453. The van der Waals surface area contributed by atoms with Crippen molar-refractivity contribution in [3.63, 3.8) is 0 Å². The van der Waals surface area contributed by atoms with Crippen molar-refractivity contribution in [1.82, 2.24) is 0 Å². The van der Waals surface area contributed by atoms with Crippen molar-refractivity contribution in [3.8, 4) is 0 Å². The van der Waals surface area contributed by atoms with Crippen molar-refractivity contribution in [2.45, 2.75) is 93.4 Å². The number of allylic oxidation sites excluding steroid dienone is 5. The number of hydrogen-bond acceptors (Lipinski definition) is 0.